The first kappa shape index (κ1) is 17.5. The summed E-state index contributed by atoms with van der Waals surface area (Å²) in [7, 11) is 0. The summed E-state index contributed by atoms with van der Waals surface area (Å²) in [5.41, 5.74) is 0. The summed E-state index contributed by atoms with van der Waals surface area (Å²) in [5, 5.41) is 12.1. The molecule has 1 amide bonds. The smallest absolute Gasteiger partial charge is 0.233 e. The Morgan fingerprint density at radius 2 is 2.32 bits per heavy atom. The number of hydrogen-bond acceptors (Lipinski definition) is 6. The number of rotatable bonds is 7. The summed E-state index contributed by atoms with van der Waals surface area (Å²) < 4.78 is 5.46. The van der Waals surface area contributed by atoms with Crippen molar-refractivity contribution in [2.75, 3.05) is 0 Å². The van der Waals surface area contributed by atoms with Gasteiger partial charge >= 0.3 is 0 Å². The summed E-state index contributed by atoms with van der Waals surface area (Å²) in [6, 6.07) is 7.75. The molecule has 25 heavy (non-hydrogen) atoms. The summed E-state index contributed by atoms with van der Waals surface area (Å²) in [5.74, 6) is 2.19. The second-order valence-electron chi connectivity index (χ2n) is 5.34. The Balaban J connectivity index is 1.51. The minimum Gasteiger partial charge on any atom is -0.462 e. The highest BCUT2D eigenvalue weighted by Crippen LogP contribution is 2.20. The molecule has 3 aromatic heterocycles. The predicted octanol–water partition coefficient (Wildman–Crippen LogP) is 3.74. The van der Waals surface area contributed by atoms with Gasteiger partial charge in [0.05, 0.1) is 11.8 Å². The van der Waals surface area contributed by atoms with Gasteiger partial charge < -0.3 is 9.73 Å². The van der Waals surface area contributed by atoms with E-state index in [1.807, 2.05) is 49.6 Å². The minimum atomic E-state index is -0.277. The van der Waals surface area contributed by atoms with Crippen LogP contribution < -0.4 is 5.32 Å². The number of amides is 1. The second kappa shape index (κ2) is 8.17. The maximum atomic E-state index is 12.1. The molecule has 8 heteroatoms. The first-order valence-electron chi connectivity index (χ1n) is 7.74. The molecule has 130 valence electrons. The lowest BCUT2D eigenvalue weighted by Gasteiger charge is -2.09. The Labute approximate surface area is 153 Å². The summed E-state index contributed by atoms with van der Waals surface area (Å²) in [6.07, 6.45) is 3.61. The Bertz CT molecular complexity index is 852. The van der Waals surface area contributed by atoms with Gasteiger partial charge in [-0.2, -0.15) is 0 Å². The van der Waals surface area contributed by atoms with Crippen LogP contribution in [0, 0.1) is 6.92 Å². The van der Waals surface area contributed by atoms with Gasteiger partial charge in [0, 0.05) is 4.88 Å². The summed E-state index contributed by atoms with van der Waals surface area (Å²) in [6.45, 7) is 4.28. The van der Waals surface area contributed by atoms with E-state index < -0.39 is 0 Å². The third kappa shape index (κ3) is 5.07. The first-order valence-corrected chi connectivity index (χ1v) is 9.50. The van der Waals surface area contributed by atoms with Crippen molar-refractivity contribution in [3.05, 3.63) is 51.9 Å². The Morgan fingerprint density at radius 1 is 1.44 bits per heavy atom. The largest absolute Gasteiger partial charge is 0.462 e. The van der Waals surface area contributed by atoms with Gasteiger partial charge in [-0.3, -0.25) is 9.89 Å². The van der Waals surface area contributed by atoms with Crippen molar-refractivity contribution in [3.63, 3.8) is 0 Å². The van der Waals surface area contributed by atoms with Gasteiger partial charge in [-0.05, 0) is 49.6 Å². The van der Waals surface area contributed by atoms with Crippen LogP contribution in [0.2, 0.25) is 0 Å². The molecule has 0 aliphatic rings. The average Bonchev–Trinajstić information content (AvgIpc) is 3.33. The fraction of sp³-hybridized carbons (Fsp3) is 0.235. The van der Waals surface area contributed by atoms with Crippen molar-refractivity contribution in [2.45, 2.75) is 30.8 Å². The Hall–Kier alpha value is -2.32. The van der Waals surface area contributed by atoms with Gasteiger partial charge in [-0.25, -0.2) is 4.98 Å². The number of carbonyl (C=O) groups excluding carboxylic acids is 1. The second-order valence-corrected chi connectivity index (χ2v) is 7.68. The zero-order valence-electron chi connectivity index (χ0n) is 13.9. The molecule has 0 fully saturated rings. The highest BCUT2D eigenvalue weighted by molar-refractivity contribution is 8.00. The fourth-order valence-electron chi connectivity index (χ4n) is 2.03. The van der Waals surface area contributed by atoms with Crippen LogP contribution in [-0.4, -0.2) is 26.3 Å². The van der Waals surface area contributed by atoms with Crippen LogP contribution in [0.4, 0.5) is 0 Å². The number of thioether (sulfide) groups is 1. The monoisotopic (exact) mass is 374 g/mol. The predicted molar refractivity (Wildman–Crippen MR) is 100 cm³/mol. The molecule has 0 saturated carbocycles. The molecular weight excluding hydrogens is 356 g/mol. The van der Waals surface area contributed by atoms with Crippen molar-refractivity contribution in [1.82, 2.24) is 20.5 Å². The number of nitrogens with zero attached hydrogens (tertiary/aromatic N) is 2. The number of nitrogens with one attached hydrogen (secondary N) is 2. The number of H-pyrrole nitrogens is 1. The quantitative estimate of drug-likeness (QED) is 0.616. The van der Waals surface area contributed by atoms with Gasteiger partial charge in [0.1, 0.15) is 17.3 Å². The van der Waals surface area contributed by atoms with Gasteiger partial charge in [-0.15, -0.1) is 16.4 Å². The number of hydrogen-bond donors (Lipinski definition) is 2. The summed E-state index contributed by atoms with van der Waals surface area (Å²) >= 11 is 2.94. The van der Waals surface area contributed by atoms with E-state index in [9.17, 15) is 4.79 Å². The molecule has 0 aromatic carbocycles. The molecule has 0 radical (unpaired) electrons. The molecule has 2 N–H and O–H groups in total. The Morgan fingerprint density at radius 3 is 3.04 bits per heavy atom. The highest BCUT2D eigenvalue weighted by atomic mass is 32.2. The maximum Gasteiger partial charge on any atom is 0.233 e. The number of thiophene rings is 1. The molecule has 0 saturated heterocycles. The van der Waals surface area contributed by atoms with Crippen molar-refractivity contribution in [3.8, 4) is 0 Å². The number of aryl methyl sites for hydroxylation is 1. The van der Waals surface area contributed by atoms with E-state index in [0.717, 1.165) is 16.4 Å². The van der Waals surface area contributed by atoms with Gasteiger partial charge in [0.25, 0.3) is 0 Å². The van der Waals surface area contributed by atoms with E-state index in [4.69, 9.17) is 4.42 Å². The zero-order chi connectivity index (χ0) is 17.6. The van der Waals surface area contributed by atoms with E-state index in [1.54, 1.807) is 17.4 Å². The van der Waals surface area contributed by atoms with Gasteiger partial charge in [0.2, 0.25) is 11.1 Å². The zero-order valence-corrected chi connectivity index (χ0v) is 15.5. The van der Waals surface area contributed by atoms with Crippen molar-refractivity contribution in [1.29, 1.82) is 0 Å². The molecule has 0 spiro atoms. The third-order valence-electron chi connectivity index (χ3n) is 3.32. The standard InChI is InChI=1S/C17H18N4O2S2/c1-11-5-6-13(23-11)7-8-15-19-17(21-20-15)25-12(2)16(22)18-10-14-4-3-9-24-14/h3-9,12H,10H2,1-2H3,(H,18,22)(H,19,20,21)/b8-7+. The van der Waals surface area contributed by atoms with Crippen molar-refractivity contribution in [2.24, 2.45) is 0 Å². The maximum absolute atomic E-state index is 12.1. The molecule has 3 aromatic rings. The normalized spacial score (nSPS) is 12.6. The van der Waals surface area contributed by atoms with E-state index in [2.05, 4.69) is 20.5 Å². The molecule has 6 nitrogen and oxygen atoms in total. The molecule has 3 heterocycles. The third-order valence-corrected chi connectivity index (χ3v) is 5.15. The summed E-state index contributed by atoms with van der Waals surface area (Å²) in [4.78, 5) is 17.6. The van der Waals surface area contributed by atoms with Crippen LogP contribution in [0.1, 0.15) is 29.1 Å². The van der Waals surface area contributed by atoms with Gasteiger partial charge in [-0.1, -0.05) is 17.8 Å². The van der Waals surface area contributed by atoms with Crippen LogP contribution in [0.15, 0.2) is 39.2 Å². The number of carbonyl (C=O) groups is 1. The topological polar surface area (TPSA) is 83.8 Å². The molecule has 3 rings (SSSR count). The lowest BCUT2D eigenvalue weighted by atomic mass is 10.4. The van der Waals surface area contributed by atoms with Crippen LogP contribution in [0.25, 0.3) is 12.2 Å². The fourth-order valence-corrected chi connectivity index (χ4v) is 3.43. The first-order chi connectivity index (χ1) is 12.1. The van der Waals surface area contributed by atoms with E-state index in [1.165, 1.54) is 11.8 Å². The molecule has 0 aliphatic carbocycles. The molecule has 1 atom stereocenters. The lowest BCUT2D eigenvalue weighted by Crippen LogP contribution is -2.30. The SMILES string of the molecule is Cc1ccc(/C=C/c2nc(SC(C)C(=O)NCc3cccs3)n[nH]2)o1. The molecule has 0 bridgehead atoms. The molecular formula is C17H18N4O2S2. The number of aromatic amines is 1. The van der Waals surface area contributed by atoms with E-state index in [0.29, 0.717) is 17.5 Å². The minimum absolute atomic E-state index is 0.0358. The highest BCUT2D eigenvalue weighted by Gasteiger charge is 2.16. The van der Waals surface area contributed by atoms with Crippen LogP contribution in [0.5, 0.6) is 0 Å². The number of furan rings is 1. The van der Waals surface area contributed by atoms with Crippen LogP contribution in [-0.2, 0) is 11.3 Å². The van der Waals surface area contributed by atoms with Gasteiger partial charge in [0.15, 0.2) is 0 Å². The Kier molecular flexibility index (Phi) is 5.72. The number of aromatic nitrogens is 3. The van der Waals surface area contributed by atoms with Crippen molar-refractivity contribution >= 4 is 41.2 Å². The van der Waals surface area contributed by atoms with E-state index >= 15 is 0 Å². The van der Waals surface area contributed by atoms with Crippen molar-refractivity contribution < 1.29 is 9.21 Å². The lowest BCUT2D eigenvalue weighted by molar-refractivity contribution is -0.120. The van der Waals surface area contributed by atoms with E-state index in [-0.39, 0.29) is 11.2 Å². The average molecular weight is 374 g/mol. The molecule has 0 aliphatic heterocycles. The van der Waals surface area contributed by atoms with Crippen LogP contribution >= 0.6 is 23.1 Å². The molecule has 1 unspecified atom stereocenters. The van der Waals surface area contributed by atoms with Crippen LogP contribution in [0.3, 0.4) is 0 Å².